The first kappa shape index (κ1) is 21.5. The fraction of sp³-hybridized carbons (Fsp3) is 0.316. The highest BCUT2D eigenvalue weighted by Gasteiger charge is 2.20. The Morgan fingerprint density at radius 2 is 1.83 bits per heavy atom. The van der Waals surface area contributed by atoms with Crippen LogP contribution in [0.3, 0.4) is 0 Å². The minimum atomic E-state index is -3.78. The van der Waals surface area contributed by atoms with Crippen molar-refractivity contribution in [1.29, 1.82) is 0 Å². The Labute approximate surface area is 175 Å². The summed E-state index contributed by atoms with van der Waals surface area (Å²) < 4.78 is 40.0. The van der Waals surface area contributed by atoms with Gasteiger partial charge in [0.25, 0.3) is 0 Å². The van der Waals surface area contributed by atoms with E-state index in [2.05, 4.69) is 25.0 Å². The molecule has 1 aromatic carbocycles. The third kappa shape index (κ3) is 4.69. The summed E-state index contributed by atoms with van der Waals surface area (Å²) in [5.74, 6) is 1.91. The number of imidazole rings is 1. The second-order valence-corrected chi connectivity index (χ2v) is 8.12. The Bertz CT molecular complexity index is 1130. The molecule has 0 fully saturated rings. The van der Waals surface area contributed by atoms with E-state index in [-0.39, 0.29) is 17.2 Å². The van der Waals surface area contributed by atoms with E-state index in [0.717, 1.165) is 11.4 Å². The highest BCUT2D eigenvalue weighted by Crippen LogP contribution is 2.27. The number of anilines is 1. The maximum absolute atomic E-state index is 12.7. The van der Waals surface area contributed by atoms with Gasteiger partial charge < -0.3 is 14.8 Å². The first-order valence-corrected chi connectivity index (χ1v) is 10.6. The van der Waals surface area contributed by atoms with Gasteiger partial charge >= 0.3 is 0 Å². The summed E-state index contributed by atoms with van der Waals surface area (Å²) in [5.41, 5.74) is 1.91. The highest BCUT2D eigenvalue weighted by atomic mass is 32.2. The average molecular weight is 433 g/mol. The van der Waals surface area contributed by atoms with Crippen LogP contribution in [0.1, 0.15) is 11.4 Å². The van der Waals surface area contributed by atoms with Crippen LogP contribution in [-0.4, -0.2) is 55.2 Å². The molecule has 3 aromatic rings. The summed E-state index contributed by atoms with van der Waals surface area (Å²) in [4.78, 5) is 12.7. The molecule has 0 atom stereocenters. The normalized spacial score (nSPS) is 11.3. The molecule has 11 heteroatoms. The molecule has 0 amide bonds. The lowest BCUT2D eigenvalue weighted by Gasteiger charge is -2.13. The van der Waals surface area contributed by atoms with Crippen molar-refractivity contribution >= 4 is 15.8 Å². The summed E-state index contributed by atoms with van der Waals surface area (Å²) in [7, 11) is -0.899. The summed E-state index contributed by atoms with van der Waals surface area (Å²) >= 11 is 0. The number of ether oxygens (including phenoxy) is 2. The number of nitrogens with one attached hydrogen (secondary N) is 2. The molecule has 0 saturated heterocycles. The zero-order chi connectivity index (χ0) is 21.7. The molecule has 2 heterocycles. The number of nitrogens with zero attached hydrogens (tertiary/aromatic N) is 4. The van der Waals surface area contributed by atoms with Crippen LogP contribution in [0.5, 0.6) is 11.5 Å². The van der Waals surface area contributed by atoms with Crippen molar-refractivity contribution in [3.8, 4) is 17.3 Å². The van der Waals surface area contributed by atoms with Gasteiger partial charge in [0.15, 0.2) is 0 Å². The SMILES string of the molecule is COc1ccc(OC)c(S(=O)(=O)NCCNc2cc(-n3cnc(C)c3C)ncn2)c1. The predicted molar refractivity (Wildman–Crippen MR) is 112 cm³/mol. The van der Waals surface area contributed by atoms with E-state index >= 15 is 0 Å². The first-order valence-electron chi connectivity index (χ1n) is 9.14. The number of methoxy groups -OCH3 is 2. The summed E-state index contributed by atoms with van der Waals surface area (Å²) in [5, 5.41) is 3.09. The zero-order valence-corrected chi connectivity index (χ0v) is 18.0. The molecule has 160 valence electrons. The van der Waals surface area contributed by atoms with E-state index in [1.807, 2.05) is 18.4 Å². The van der Waals surface area contributed by atoms with Gasteiger partial charge in [0.2, 0.25) is 10.0 Å². The minimum absolute atomic E-state index is 0.0135. The second-order valence-electron chi connectivity index (χ2n) is 6.39. The van der Waals surface area contributed by atoms with Crippen LogP contribution in [0.15, 0.2) is 41.8 Å². The molecule has 0 bridgehead atoms. The highest BCUT2D eigenvalue weighted by molar-refractivity contribution is 7.89. The van der Waals surface area contributed by atoms with Crippen molar-refractivity contribution in [3.63, 3.8) is 0 Å². The molecular weight excluding hydrogens is 408 g/mol. The molecule has 0 unspecified atom stereocenters. The van der Waals surface area contributed by atoms with Crippen LogP contribution >= 0.6 is 0 Å². The van der Waals surface area contributed by atoms with Crippen LogP contribution in [0.2, 0.25) is 0 Å². The molecule has 0 aliphatic heterocycles. The fourth-order valence-electron chi connectivity index (χ4n) is 2.75. The molecular formula is C19H24N6O4S. The molecule has 10 nitrogen and oxygen atoms in total. The van der Waals surface area contributed by atoms with E-state index in [1.165, 1.54) is 26.6 Å². The van der Waals surface area contributed by atoms with Gasteiger partial charge in [-0.15, -0.1) is 0 Å². The van der Waals surface area contributed by atoms with E-state index in [1.54, 1.807) is 24.5 Å². The predicted octanol–water partition coefficient (Wildman–Crippen LogP) is 1.69. The molecule has 0 aliphatic carbocycles. The Morgan fingerprint density at radius 1 is 1.03 bits per heavy atom. The number of benzene rings is 1. The van der Waals surface area contributed by atoms with Crippen molar-refractivity contribution in [2.45, 2.75) is 18.7 Å². The van der Waals surface area contributed by atoms with Crippen LogP contribution in [0.4, 0.5) is 5.82 Å². The number of aromatic nitrogens is 4. The van der Waals surface area contributed by atoms with E-state index in [4.69, 9.17) is 9.47 Å². The van der Waals surface area contributed by atoms with Gasteiger partial charge in [0.05, 0.1) is 19.9 Å². The van der Waals surface area contributed by atoms with Crippen molar-refractivity contribution in [1.82, 2.24) is 24.2 Å². The van der Waals surface area contributed by atoms with Gasteiger partial charge in [-0.1, -0.05) is 0 Å². The third-order valence-electron chi connectivity index (χ3n) is 4.53. The monoisotopic (exact) mass is 432 g/mol. The molecule has 0 aliphatic rings. The lowest BCUT2D eigenvalue weighted by Crippen LogP contribution is -2.29. The average Bonchev–Trinajstić information content (AvgIpc) is 3.09. The summed E-state index contributed by atoms with van der Waals surface area (Å²) in [6.07, 6.45) is 3.14. The van der Waals surface area contributed by atoms with E-state index < -0.39 is 10.0 Å². The second kappa shape index (κ2) is 9.09. The number of aryl methyl sites for hydroxylation is 1. The largest absolute Gasteiger partial charge is 0.497 e. The first-order chi connectivity index (χ1) is 14.4. The van der Waals surface area contributed by atoms with Crippen LogP contribution in [0, 0.1) is 13.8 Å². The Morgan fingerprint density at radius 3 is 2.50 bits per heavy atom. The van der Waals surface area contributed by atoms with Crippen LogP contribution in [0.25, 0.3) is 5.82 Å². The Kier molecular flexibility index (Phi) is 6.53. The Hall–Kier alpha value is -3.18. The topological polar surface area (TPSA) is 120 Å². The summed E-state index contributed by atoms with van der Waals surface area (Å²) in [6.45, 7) is 4.35. The van der Waals surface area contributed by atoms with Gasteiger partial charge in [-0.05, 0) is 26.0 Å². The van der Waals surface area contributed by atoms with Gasteiger partial charge in [-0.2, -0.15) is 0 Å². The number of sulfonamides is 1. The molecule has 2 aromatic heterocycles. The van der Waals surface area contributed by atoms with E-state index in [0.29, 0.717) is 23.9 Å². The van der Waals surface area contributed by atoms with Gasteiger partial charge in [-0.25, -0.2) is 28.1 Å². The Balaban J connectivity index is 1.64. The quantitative estimate of drug-likeness (QED) is 0.490. The lowest BCUT2D eigenvalue weighted by atomic mass is 10.3. The van der Waals surface area contributed by atoms with Gasteiger partial charge in [0.1, 0.15) is 40.7 Å². The van der Waals surface area contributed by atoms with Crippen molar-refractivity contribution in [3.05, 3.63) is 48.3 Å². The van der Waals surface area contributed by atoms with Gasteiger partial charge in [0, 0.05) is 30.9 Å². The molecule has 0 radical (unpaired) electrons. The molecule has 2 N–H and O–H groups in total. The molecule has 3 rings (SSSR count). The maximum atomic E-state index is 12.7. The van der Waals surface area contributed by atoms with Crippen LogP contribution in [-0.2, 0) is 10.0 Å². The van der Waals surface area contributed by atoms with Crippen molar-refractivity contribution < 1.29 is 17.9 Å². The smallest absolute Gasteiger partial charge is 0.244 e. The van der Waals surface area contributed by atoms with E-state index in [9.17, 15) is 8.42 Å². The standard InChI is InChI=1S/C19H24N6O4S/c1-13-14(2)25(12-23-13)19-10-18(21-11-22-19)20-7-8-24-30(26,27)17-9-15(28-3)5-6-16(17)29-4/h5-6,9-12,24H,7-8H2,1-4H3,(H,20,21,22). The summed E-state index contributed by atoms with van der Waals surface area (Å²) in [6, 6.07) is 6.37. The van der Waals surface area contributed by atoms with Gasteiger partial charge in [-0.3, -0.25) is 4.57 Å². The zero-order valence-electron chi connectivity index (χ0n) is 17.2. The maximum Gasteiger partial charge on any atom is 0.244 e. The number of hydrogen-bond acceptors (Lipinski definition) is 8. The van der Waals surface area contributed by atoms with Crippen LogP contribution < -0.4 is 19.5 Å². The lowest BCUT2D eigenvalue weighted by molar-refractivity contribution is 0.392. The number of rotatable bonds is 9. The van der Waals surface area contributed by atoms with Crippen molar-refractivity contribution in [2.24, 2.45) is 0 Å². The molecule has 30 heavy (non-hydrogen) atoms. The fourth-order valence-corrected chi connectivity index (χ4v) is 3.97. The van der Waals surface area contributed by atoms with Crippen molar-refractivity contribution in [2.75, 3.05) is 32.6 Å². The molecule has 0 spiro atoms. The number of hydrogen-bond donors (Lipinski definition) is 2. The molecule has 0 saturated carbocycles. The minimum Gasteiger partial charge on any atom is -0.497 e. The third-order valence-corrected chi connectivity index (χ3v) is 6.02.